The van der Waals surface area contributed by atoms with Crippen LogP contribution in [0.4, 0.5) is 4.39 Å². The maximum absolute atomic E-state index is 13.1. The number of nitrogens with one attached hydrogen (secondary N) is 1. The second kappa shape index (κ2) is 7.61. The molecule has 1 aliphatic rings. The molecule has 2 aromatic rings. The highest BCUT2D eigenvalue weighted by atomic mass is 35.5. The number of ether oxygens (including phenoxy) is 3. The van der Waals surface area contributed by atoms with Gasteiger partial charge in [-0.3, -0.25) is 4.79 Å². The fraction of sp³-hybridized carbons (Fsp3) is 0.278. The molecule has 0 aromatic heterocycles. The summed E-state index contributed by atoms with van der Waals surface area (Å²) in [6.07, 6.45) is -0.769. The highest BCUT2D eigenvalue weighted by Gasteiger charge is 2.18. The third-order valence-corrected chi connectivity index (χ3v) is 3.88. The van der Waals surface area contributed by atoms with Gasteiger partial charge in [0.25, 0.3) is 5.91 Å². The Hall–Kier alpha value is -2.47. The molecule has 1 N–H and O–H groups in total. The maximum Gasteiger partial charge on any atom is 0.261 e. The number of hydrogen-bond donors (Lipinski definition) is 1. The molecule has 0 bridgehead atoms. The summed E-state index contributed by atoms with van der Waals surface area (Å²) in [5.41, 5.74) is 0.778. The molecule has 0 spiro atoms. The summed E-state index contributed by atoms with van der Waals surface area (Å²) in [6.45, 7) is 2.76. The molecule has 3 rings (SSSR count). The zero-order chi connectivity index (χ0) is 17.8. The van der Waals surface area contributed by atoms with Crippen LogP contribution >= 0.6 is 11.6 Å². The summed E-state index contributed by atoms with van der Waals surface area (Å²) in [6, 6.07) is 9.14. The summed E-state index contributed by atoms with van der Waals surface area (Å²) in [4.78, 5) is 12.2. The molecule has 2 aromatic carbocycles. The van der Waals surface area contributed by atoms with Gasteiger partial charge in [0.1, 0.15) is 24.8 Å². The Balaban J connectivity index is 1.59. The minimum absolute atomic E-state index is 0.256. The van der Waals surface area contributed by atoms with Crippen LogP contribution < -0.4 is 19.5 Å². The lowest BCUT2D eigenvalue weighted by molar-refractivity contribution is -0.127. The molecular formula is C18H17ClFNO4. The third kappa shape index (κ3) is 4.33. The lowest BCUT2D eigenvalue weighted by Gasteiger charge is -2.20. The van der Waals surface area contributed by atoms with Crippen LogP contribution in [0, 0.1) is 5.82 Å². The van der Waals surface area contributed by atoms with Crippen molar-refractivity contribution in [3.05, 3.63) is 52.8 Å². The minimum Gasteiger partial charge on any atom is -0.486 e. The van der Waals surface area contributed by atoms with Crippen molar-refractivity contribution in [1.82, 2.24) is 5.32 Å². The van der Waals surface area contributed by atoms with Gasteiger partial charge in [-0.25, -0.2) is 4.39 Å². The lowest BCUT2D eigenvalue weighted by Crippen LogP contribution is -2.35. The molecule has 1 atom stereocenters. The molecule has 7 heteroatoms. The first kappa shape index (κ1) is 17.4. The van der Waals surface area contributed by atoms with E-state index in [0.29, 0.717) is 35.5 Å². The Kier molecular flexibility index (Phi) is 5.28. The van der Waals surface area contributed by atoms with E-state index in [1.54, 1.807) is 25.1 Å². The van der Waals surface area contributed by atoms with E-state index in [1.807, 2.05) is 0 Å². The van der Waals surface area contributed by atoms with Crippen molar-refractivity contribution in [2.24, 2.45) is 0 Å². The quantitative estimate of drug-likeness (QED) is 0.883. The number of fused-ring (bicyclic) bond motifs is 1. The van der Waals surface area contributed by atoms with Crippen molar-refractivity contribution in [2.45, 2.75) is 19.6 Å². The van der Waals surface area contributed by atoms with Crippen molar-refractivity contribution in [1.29, 1.82) is 0 Å². The molecule has 1 unspecified atom stereocenters. The van der Waals surface area contributed by atoms with E-state index in [0.717, 1.165) is 5.56 Å². The first-order valence-corrected chi connectivity index (χ1v) is 8.18. The van der Waals surface area contributed by atoms with Gasteiger partial charge < -0.3 is 19.5 Å². The standard InChI is InChI=1S/C18H17ClFNO4/c1-11(25-14-4-2-3-13(20)9-14)18(22)21-10-12-7-15(19)17-16(8-12)23-5-6-24-17/h2-4,7-9,11H,5-6,10H2,1H3,(H,21,22). The van der Waals surface area contributed by atoms with Gasteiger partial charge in [-0.05, 0) is 36.8 Å². The number of hydrogen-bond acceptors (Lipinski definition) is 4. The molecule has 1 heterocycles. The molecule has 0 radical (unpaired) electrons. The van der Waals surface area contributed by atoms with Crippen LogP contribution in [0.2, 0.25) is 5.02 Å². The Morgan fingerprint density at radius 2 is 2.12 bits per heavy atom. The third-order valence-electron chi connectivity index (χ3n) is 3.60. The molecule has 1 aliphatic heterocycles. The predicted octanol–water partition coefficient (Wildman–Crippen LogP) is 3.33. The monoisotopic (exact) mass is 365 g/mol. The van der Waals surface area contributed by atoms with E-state index in [1.165, 1.54) is 18.2 Å². The highest BCUT2D eigenvalue weighted by molar-refractivity contribution is 6.32. The zero-order valence-electron chi connectivity index (χ0n) is 13.6. The van der Waals surface area contributed by atoms with Gasteiger partial charge in [-0.1, -0.05) is 17.7 Å². The van der Waals surface area contributed by atoms with E-state index in [-0.39, 0.29) is 12.5 Å². The summed E-state index contributed by atoms with van der Waals surface area (Å²) >= 11 is 6.17. The Morgan fingerprint density at radius 3 is 2.92 bits per heavy atom. The van der Waals surface area contributed by atoms with E-state index < -0.39 is 11.9 Å². The van der Waals surface area contributed by atoms with Gasteiger partial charge >= 0.3 is 0 Å². The molecule has 0 saturated carbocycles. The maximum atomic E-state index is 13.1. The van der Waals surface area contributed by atoms with Gasteiger partial charge in [0.15, 0.2) is 17.6 Å². The minimum atomic E-state index is -0.769. The number of amides is 1. The van der Waals surface area contributed by atoms with Crippen molar-refractivity contribution in [2.75, 3.05) is 13.2 Å². The topological polar surface area (TPSA) is 56.8 Å². The average molecular weight is 366 g/mol. The summed E-state index contributed by atoms with van der Waals surface area (Å²) in [5.74, 6) is 0.634. The summed E-state index contributed by atoms with van der Waals surface area (Å²) in [7, 11) is 0. The van der Waals surface area contributed by atoms with Crippen molar-refractivity contribution >= 4 is 17.5 Å². The van der Waals surface area contributed by atoms with Crippen LogP contribution in [0.3, 0.4) is 0 Å². The van der Waals surface area contributed by atoms with Gasteiger partial charge in [0, 0.05) is 12.6 Å². The lowest BCUT2D eigenvalue weighted by atomic mass is 10.2. The SMILES string of the molecule is CC(Oc1cccc(F)c1)C(=O)NCc1cc(Cl)c2c(c1)OCCO2. The largest absolute Gasteiger partial charge is 0.486 e. The van der Waals surface area contributed by atoms with Crippen LogP contribution in [0.5, 0.6) is 17.2 Å². The predicted molar refractivity (Wildman–Crippen MR) is 90.8 cm³/mol. The van der Waals surface area contributed by atoms with Crippen LogP contribution in [0.1, 0.15) is 12.5 Å². The van der Waals surface area contributed by atoms with Crippen molar-refractivity contribution < 1.29 is 23.4 Å². The fourth-order valence-corrected chi connectivity index (χ4v) is 2.69. The van der Waals surface area contributed by atoms with E-state index in [2.05, 4.69) is 5.32 Å². The van der Waals surface area contributed by atoms with Crippen LogP contribution in [0.15, 0.2) is 36.4 Å². The Bertz CT molecular complexity index is 784. The molecule has 5 nitrogen and oxygen atoms in total. The van der Waals surface area contributed by atoms with Crippen LogP contribution in [0.25, 0.3) is 0 Å². The molecule has 25 heavy (non-hydrogen) atoms. The second-order valence-electron chi connectivity index (χ2n) is 5.54. The van der Waals surface area contributed by atoms with Crippen LogP contribution in [-0.4, -0.2) is 25.2 Å². The first-order valence-electron chi connectivity index (χ1n) is 7.81. The second-order valence-corrected chi connectivity index (χ2v) is 5.94. The molecule has 1 amide bonds. The van der Waals surface area contributed by atoms with Gasteiger partial charge in [0.2, 0.25) is 0 Å². The molecule has 0 saturated heterocycles. The average Bonchev–Trinajstić information content (AvgIpc) is 2.59. The molecule has 132 valence electrons. The fourth-order valence-electron chi connectivity index (χ4n) is 2.40. The van der Waals surface area contributed by atoms with Gasteiger partial charge in [0.05, 0.1) is 5.02 Å². The number of carbonyl (C=O) groups is 1. The number of halogens is 2. The van der Waals surface area contributed by atoms with Crippen molar-refractivity contribution in [3.63, 3.8) is 0 Å². The van der Waals surface area contributed by atoms with E-state index >= 15 is 0 Å². The summed E-state index contributed by atoms with van der Waals surface area (Å²) in [5, 5.41) is 3.19. The molecule has 0 aliphatic carbocycles. The van der Waals surface area contributed by atoms with E-state index in [9.17, 15) is 9.18 Å². The van der Waals surface area contributed by atoms with Crippen LogP contribution in [-0.2, 0) is 11.3 Å². The van der Waals surface area contributed by atoms with E-state index in [4.69, 9.17) is 25.8 Å². The van der Waals surface area contributed by atoms with Crippen molar-refractivity contribution in [3.8, 4) is 17.2 Å². The molecule has 0 fully saturated rings. The highest BCUT2D eigenvalue weighted by Crippen LogP contribution is 2.38. The number of carbonyl (C=O) groups excluding carboxylic acids is 1. The Labute approximate surface area is 149 Å². The van der Waals surface area contributed by atoms with Gasteiger partial charge in [-0.15, -0.1) is 0 Å². The van der Waals surface area contributed by atoms with Gasteiger partial charge in [-0.2, -0.15) is 0 Å². The Morgan fingerprint density at radius 1 is 1.32 bits per heavy atom. The smallest absolute Gasteiger partial charge is 0.261 e. The molecular weight excluding hydrogens is 349 g/mol. The zero-order valence-corrected chi connectivity index (χ0v) is 14.3. The summed E-state index contributed by atoms with van der Waals surface area (Å²) < 4.78 is 29.5. The number of rotatable bonds is 5. The number of benzene rings is 2. The first-order chi connectivity index (χ1) is 12.0. The normalized spacial score (nSPS) is 13.9.